The van der Waals surface area contributed by atoms with Gasteiger partial charge in [0, 0.05) is 19.3 Å². The van der Waals surface area contributed by atoms with Gasteiger partial charge in [0.2, 0.25) is 0 Å². The summed E-state index contributed by atoms with van der Waals surface area (Å²) in [6, 6.07) is 10.7. The fourth-order valence-corrected chi connectivity index (χ4v) is 2.78. The zero-order chi connectivity index (χ0) is 13.2. The van der Waals surface area contributed by atoms with Crippen LogP contribution in [0.5, 0.6) is 0 Å². The molecule has 0 aliphatic carbocycles. The van der Waals surface area contributed by atoms with Crippen LogP contribution >= 0.6 is 0 Å². The van der Waals surface area contributed by atoms with Crippen molar-refractivity contribution >= 4 is 5.82 Å². The minimum absolute atomic E-state index is 0.208. The number of hydrogen-bond acceptors (Lipinski definition) is 4. The van der Waals surface area contributed by atoms with Crippen molar-refractivity contribution in [3.8, 4) is 0 Å². The van der Waals surface area contributed by atoms with Crippen LogP contribution in [0, 0.1) is 6.92 Å². The van der Waals surface area contributed by atoms with E-state index < -0.39 is 0 Å². The van der Waals surface area contributed by atoms with E-state index in [1.165, 1.54) is 11.1 Å². The monoisotopic (exact) mass is 254 g/mol. The van der Waals surface area contributed by atoms with Crippen LogP contribution in [0.1, 0.15) is 23.0 Å². The average Bonchev–Trinajstić information content (AvgIpc) is 2.46. The number of hydrogen-bond donors (Lipinski definition) is 1. The Kier molecular flexibility index (Phi) is 3.17. The van der Waals surface area contributed by atoms with Crippen LogP contribution in [0.25, 0.3) is 0 Å². The first-order valence-corrected chi connectivity index (χ1v) is 6.64. The third-order valence-electron chi connectivity index (χ3n) is 3.69. The summed E-state index contributed by atoms with van der Waals surface area (Å²) in [4.78, 5) is 11.0. The predicted octanol–water partition coefficient (Wildman–Crippen LogP) is 1.85. The Morgan fingerprint density at radius 2 is 2.16 bits per heavy atom. The smallest absolute Gasteiger partial charge is 0.132 e. The third kappa shape index (κ3) is 2.19. The molecule has 1 aliphatic rings. The summed E-state index contributed by atoms with van der Waals surface area (Å²) in [5.74, 6) is 1.77. The minimum atomic E-state index is 0.208. The Hall–Kier alpha value is -1.94. The molecule has 0 saturated carbocycles. The number of benzene rings is 1. The van der Waals surface area contributed by atoms with Crippen LogP contribution in [0.15, 0.2) is 36.5 Å². The summed E-state index contributed by atoms with van der Waals surface area (Å²) < 4.78 is 0. The summed E-state index contributed by atoms with van der Waals surface area (Å²) in [7, 11) is 0. The number of fused-ring (bicyclic) bond motifs is 1. The average molecular weight is 254 g/mol. The highest BCUT2D eigenvalue weighted by Crippen LogP contribution is 2.31. The van der Waals surface area contributed by atoms with Crippen LogP contribution in [0.4, 0.5) is 5.82 Å². The Morgan fingerprint density at radius 3 is 2.95 bits per heavy atom. The molecule has 1 aliphatic heterocycles. The van der Waals surface area contributed by atoms with Gasteiger partial charge >= 0.3 is 0 Å². The molecule has 4 heteroatoms. The van der Waals surface area contributed by atoms with E-state index in [4.69, 9.17) is 5.73 Å². The van der Waals surface area contributed by atoms with Crippen LogP contribution < -0.4 is 10.6 Å². The summed E-state index contributed by atoms with van der Waals surface area (Å²) in [6.45, 7) is 3.47. The van der Waals surface area contributed by atoms with Gasteiger partial charge in [-0.05, 0) is 30.5 Å². The zero-order valence-electron chi connectivity index (χ0n) is 11.1. The number of aromatic nitrogens is 2. The lowest BCUT2D eigenvalue weighted by Crippen LogP contribution is -2.40. The van der Waals surface area contributed by atoms with E-state index in [9.17, 15) is 0 Å². The molecule has 1 atom stereocenters. The van der Waals surface area contributed by atoms with Crippen LogP contribution in [-0.4, -0.2) is 23.1 Å². The predicted molar refractivity (Wildman–Crippen MR) is 76.1 cm³/mol. The molecule has 0 radical (unpaired) electrons. The summed E-state index contributed by atoms with van der Waals surface area (Å²) >= 11 is 0. The second-order valence-electron chi connectivity index (χ2n) is 4.86. The molecule has 1 unspecified atom stereocenters. The van der Waals surface area contributed by atoms with E-state index in [0.29, 0.717) is 6.54 Å². The molecular weight excluding hydrogens is 236 g/mol. The van der Waals surface area contributed by atoms with Gasteiger partial charge in [-0.1, -0.05) is 24.3 Å². The fourth-order valence-electron chi connectivity index (χ4n) is 2.78. The lowest BCUT2D eigenvalue weighted by molar-refractivity contribution is 0.583. The van der Waals surface area contributed by atoms with E-state index in [1.807, 2.05) is 19.2 Å². The van der Waals surface area contributed by atoms with Gasteiger partial charge in [-0.25, -0.2) is 9.97 Å². The Bertz CT molecular complexity index is 582. The van der Waals surface area contributed by atoms with E-state index in [1.54, 1.807) is 0 Å². The lowest BCUT2D eigenvalue weighted by atomic mass is 9.92. The van der Waals surface area contributed by atoms with Crippen LogP contribution in [-0.2, 0) is 6.42 Å². The van der Waals surface area contributed by atoms with Crippen LogP contribution in [0.3, 0.4) is 0 Å². The largest absolute Gasteiger partial charge is 0.348 e. The van der Waals surface area contributed by atoms with Crippen molar-refractivity contribution in [3.05, 3.63) is 53.5 Å². The molecule has 3 rings (SSSR count). The normalized spacial score (nSPS) is 18.2. The summed E-state index contributed by atoms with van der Waals surface area (Å²) in [6.07, 6.45) is 2.85. The van der Waals surface area contributed by atoms with Crippen molar-refractivity contribution in [1.29, 1.82) is 0 Å². The summed E-state index contributed by atoms with van der Waals surface area (Å²) in [5.41, 5.74) is 8.73. The van der Waals surface area contributed by atoms with Gasteiger partial charge in [0.25, 0.3) is 0 Å². The van der Waals surface area contributed by atoms with Gasteiger partial charge in [0.1, 0.15) is 11.6 Å². The molecule has 1 aromatic carbocycles. The number of nitrogens with zero attached hydrogens (tertiary/aromatic N) is 3. The molecule has 98 valence electrons. The maximum atomic E-state index is 6.00. The maximum Gasteiger partial charge on any atom is 0.132 e. The van der Waals surface area contributed by atoms with Crippen molar-refractivity contribution in [2.24, 2.45) is 5.73 Å². The molecule has 0 saturated heterocycles. The molecule has 2 heterocycles. The number of aryl methyl sites for hydroxylation is 1. The van der Waals surface area contributed by atoms with Crippen LogP contribution in [0.2, 0.25) is 0 Å². The third-order valence-corrected chi connectivity index (χ3v) is 3.69. The van der Waals surface area contributed by atoms with Gasteiger partial charge in [-0.15, -0.1) is 0 Å². The van der Waals surface area contributed by atoms with Crippen molar-refractivity contribution < 1.29 is 0 Å². The van der Waals surface area contributed by atoms with E-state index in [2.05, 4.69) is 39.1 Å². The van der Waals surface area contributed by atoms with E-state index in [-0.39, 0.29) is 6.04 Å². The second kappa shape index (κ2) is 4.97. The number of rotatable bonds is 2. The molecule has 0 amide bonds. The molecule has 0 bridgehead atoms. The molecule has 2 aromatic rings. The molecule has 4 nitrogen and oxygen atoms in total. The lowest BCUT2D eigenvalue weighted by Gasteiger charge is -2.37. The second-order valence-corrected chi connectivity index (χ2v) is 4.86. The highest BCUT2D eigenvalue weighted by Gasteiger charge is 2.26. The SMILES string of the molecule is Cc1nccc(N2CCc3ccccc3C2CN)n1. The van der Waals surface area contributed by atoms with E-state index in [0.717, 1.165) is 24.6 Å². The van der Waals surface area contributed by atoms with Gasteiger partial charge in [0.15, 0.2) is 0 Å². The Morgan fingerprint density at radius 1 is 1.32 bits per heavy atom. The molecule has 2 N–H and O–H groups in total. The highest BCUT2D eigenvalue weighted by molar-refractivity contribution is 5.47. The van der Waals surface area contributed by atoms with Gasteiger partial charge in [0.05, 0.1) is 6.04 Å². The van der Waals surface area contributed by atoms with Gasteiger partial charge in [-0.3, -0.25) is 0 Å². The molecule has 0 fully saturated rings. The molecule has 0 spiro atoms. The fraction of sp³-hybridized carbons (Fsp3) is 0.333. The van der Waals surface area contributed by atoms with Crippen molar-refractivity contribution in [1.82, 2.24) is 9.97 Å². The Labute approximate surface area is 113 Å². The van der Waals surface area contributed by atoms with Crippen molar-refractivity contribution in [2.75, 3.05) is 18.0 Å². The van der Waals surface area contributed by atoms with Gasteiger partial charge < -0.3 is 10.6 Å². The molecule has 19 heavy (non-hydrogen) atoms. The Balaban J connectivity index is 2.00. The van der Waals surface area contributed by atoms with Crippen molar-refractivity contribution in [3.63, 3.8) is 0 Å². The van der Waals surface area contributed by atoms with Crippen molar-refractivity contribution in [2.45, 2.75) is 19.4 Å². The van der Waals surface area contributed by atoms with Gasteiger partial charge in [-0.2, -0.15) is 0 Å². The minimum Gasteiger partial charge on any atom is -0.348 e. The topological polar surface area (TPSA) is 55.0 Å². The summed E-state index contributed by atoms with van der Waals surface area (Å²) in [5, 5.41) is 0. The molecule has 1 aromatic heterocycles. The highest BCUT2D eigenvalue weighted by atomic mass is 15.2. The standard InChI is InChI=1S/C15H18N4/c1-11-17-8-6-15(18-11)19-9-7-12-4-2-3-5-13(12)14(19)10-16/h2-6,8,14H,7,9-10,16H2,1H3. The van der Waals surface area contributed by atoms with E-state index >= 15 is 0 Å². The number of anilines is 1. The number of nitrogens with two attached hydrogens (primary N) is 1. The first kappa shape index (κ1) is 12.1. The molecular formula is C15H18N4. The first-order chi connectivity index (χ1) is 9.29. The first-order valence-electron chi connectivity index (χ1n) is 6.64. The zero-order valence-corrected chi connectivity index (χ0v) is 11.1. The maximum absolute atomic E-state index is 6.00. The quantitative estimate of drug-likeness (QED) is 0.888.